The Bertz CT molecular complexity index is 1040. The molecule has 2 aromatic carbocycles. The number of hydrogen-bond acceptors (Lipinski definition) is 8. The van der Waals surface area contributed by atoms with Crippen LogP contribution in [0.4, 0.5) is 0 Å². The SMILES string of the molecule is COc1ccc(-c2nc(SC)oc2-c2ccc(OCCOS(C)(=O)=O)cc2)cc1. The number of aromatic nitrogens is 1. The molecule has 0 unspecified atom stereocenters. The van der Waals surface area contributed by atoms with Gasteiger partial charge >= 0.3 is 0 Å². The summed E-state index contributed by atoms with van der Waals surface area (Å²) in [7, 11) is -1.84. The summed E-state index contributed by atoms with van der Waals surface area (Å²) in [6.07, 6.45) is 2.91. The molecular weight excluding hydrogens is 414 g/mol. The van der Waals surface area contributed by atoms with E-state index in [1.54, 1.807) is 19.2 Å². The van der Waals surface area contributed by atoms with E-state index < -0.39 is 10.1 Å². The van der Waals surface area contributed by atoms with Gasteiger partial charge in [-0.15, -0.1) is 0 Å². The van der Waals surface area contributed by atoms with Crippen molar-refractivity contribution in [1.82, 2.24) is 4.98 Å². The van der Waals surface area contributed by atoms with Crippen LogP contribution in [0.15, 0.2) is 58.2 Å². The first-order chi connectivity index (χ1) is 13.9. The number of nitrogens with zero attached hydrogens (tertiary/aromatic N) is 1. The van der Waals surface area contributed by atoms with Crippen LogP contribution in [-0.4, -0.2) is 46.2 Å². The Kier molecular flexibility index (Phi) is 6.83. The van der Waals surface area contributed by atoms with Gasteiger partial charge in [0.25, 0.3) is 15.3 Å². The highest BCUT2D eigenvalue weighted by Crippen LogP contribution is 2.36. The molecule has 0 aliphatic heterocycles. The summed E-state index contributed by atoms with van der Waals surface area (Å²) in [4.78, 5) is 4.59. The van der Waals surface area contributed by atoms with Crippen molar-refractivity contribution in [2.75, 3.05) is 32.8 Å². The Morgan fingerprint density at radius 3 is 2.17 bits per heavy atom. The van der Waals surface area contributed by atoms with Crippen molar-refractivity contribution >= 4 is 21.9 Å². The third kappa shape index (κ3) is 5.75. The normalized spacial score (nSPS) is 11.4. The summed E-state index contributed by atoms with van der Waals surface area (Å²) in [5, 5.41) is 0.573. The Morgan fingerprint density at radius 2 is 1.59 bits per heavy atom. The Morgan fingerprint density at radius 1 is 0.966 bits per heavy atom. The molecular formula is C20H21NO6S2. The summed E-state index contributed by atoms with van der Waals surface area (Å²) < 4.78 is 43.2. The lowest BCUT2D eigenvalue weighted by atomic mass is 10.1. The van der Waals surface area contributed by atoms with Gasteiger partial charge in [0.05, 0.1) is 13.4 Å². The van der Waals surface area contributed by atoms with E-state index >= 15 is 0 Å². The highest BCUT2D eigenvalue weighted by atomic mass is 32.2. The van der Waals surface area contributed by atoms with Crippen LogP contribution in [0.1, 0.15) is 0 Å². The summed E-state index contributed by atoms with van der Waals surface area (Å²) in [5.41, 5.74) is 2.51. The molecule has 0 radical (unpaired) electrons. The predicted molar refractivity (Wildman–Crippen MR) is 112 cm³/mol. The van der Waals surface area contributed by atoms with E-state index in [2.05, 4.69) is 9.17 Å². The van der Waals surface area contributed by atoms with Crippen molar-refractivity contribution in [3.05, 3.63) is 48.5 Å². The molecule has 0 fully saturated rings. The fourth-order valence-electron chi connectivity index (χ4n) is 2.58. The lowest BCUT2D eigenvalue weighted by molar-refractivity contribution is 0.222. The second kappa shape index (κ2) is 9.34. The number of hydrogen-bond donors (Lipinski definition) is 0. The molecule has 7 nitrogen and oxygen atoms in total. The number of rotatable bonds is 9. The molecule has 3 rings (SSSR count). The number of oxazole rings is 1. The van der Waals surface area contributed by atoms with Gasteiger partial charge < -0.3 is 13.9 Å². The first kappa shape index (κ1) is 21.2. The van der Waals surface area contributed by atoms with E-state index in [9.17, 15) is 8.42 Å². The van der Waals surface area contributed by atoms with Gasteiger partial charge in [-0.1, -0.05) is 11.8 Å². The van der Waals surface area contributed by atoms with Crippen molar-refractivity contribution in [1.29, 1.82) is 0 Å². The van der Waals surface area contributed by atoms with Gasteiger partial charge in [0, 0.05) is 11.1 Å². The molecule has 0 saturated carbocycles. The first-order valence-electron chi connectivity index (χ1n) is 8.66. The predicted octanol–water partition coefficient (Wildman–Crippen LogP) is 4.09. The smallest absolute Gasteiger partial charge is 0.264 e. The molecule has 154 valence electrons. The van der Waals surface area contributed by atoms with E-state index in [4.69, 9.17) is 13.9 Å². The molecule has 0 amide bonds. The van der Waals surface area contributed by atoms with Crippen molar-refractivity contribution in [2.24, 2.45) is 0 Å². The average Bonchev–Trinajstić information content (AvgIpc) is 3.15. The molecule has 0 saturated heterocycles. The van der Waals surface area contributed by atoms with E-state index in [0.29, 0.717) is 16.7 Å². The van der Waals surface area contributed by atoms with Crippen LogP contribution in [0, 0.1) is 0 Å². The maximum absolute atomic E-state index is 11.0. The largest absolute Gasteiger partial charge is 0.497 e. The summed E-state index contributed by atoms with van der Waals surface area (Å²) in [6.45, 7) is 0.0871. The molecule has 0 aliphatic rings. The van der Waals surface area contributed by atoms with Gasteiger partial charge in [0.15, 0.2) is 5.76 Å². The highest BCUT2D eigenvalue weighted by molar-refractivity contribution is 7.98. The number of thioether (sulfide) groups is 1. The maximum atomic E-state index is 11.0. The zero-order valence-electron chi connectivity index (χ0n) is 16.2. The second-order valence-corrected chi connectivity index (χ2v) is 8.39. The van der Waals surface area contributed by atoms with Crippen LogP contribution >= 0.6 is 11.8 Å². The lowest BCUT2D eigenvalue weighted by Crippen LogP contribution is -2.11. The van der Waals surface area contributed by atoms with E-state index in [1.807, 2.05) is 42.7 Å². The minimum Gasteiger partial charge on any atom is -0.497 e. The molecule has 0 bridgehead atoms. The van der Waals surface area contributed by atoms with E-state index in [0.717, 1.165) is 28.8 Å². The van der Waals surface area contributed by atoms with Crippen LogP contribution in [0.5, 0.6) is 11.5 Å². The first-order valence-corrected chi connectivity index (χ1v) is 11.7. The van der Waals surface area contributed by atoms with Crippen molar-refractivity contribution in [3.8, 4) is 34.1 Å². The summed E-state index contributed by atoms with van der Waals surface area (Å²) in [5.74, 6) is 2.03. The summed E-state index contributed by atoms with van der Waals surface area (Å²) >= 11 is 1.43. The second-order valence-electron chi connectivity index (χ2n) is 5.99. The average molecular weight is 436 g/mol. The van der Waals surface area contributed by atoms with Crippen molar-refractivity contribution in [3.63, 3.8) is 0 Å². The van der Waals surface area contributed by atoms with Crippen LogP contribution in [-0.2, 0) is 14.3 Å². The minimum atomic E-state index is -3.47. The minimum absolute atomic E-state index is 0.0403. The Balaban J connectivity index is 1.78. The lowest BCUT2D eigenvalue weighted by Gasteiger charge is -2.07. The van der Waals surface area contributed by atoms with Crippen LogP contribution in [0.2, 0.25) is 0 Å². The summed E-state index contributed by atoms with van der Waals surface area (Å²) in [6, 6.07) is 14.9. The van der Waals surface area contributed by atoms with Crippen molar-refractivity contribution in [2.45, 2.75) is 5.22 Å². The van der Waals surface area contributed by atoms with Gasteiger partial charge in [-0.3, -0.25) is 4.18 Å². The third-order valence-electron chi connectivity index (χ3n) is 3.91. The van der Waals surface area contributed by atoms with E-state index in [-0.39, 0.29) is 13.2 Å². The molecule has 29 heavy (non-hydrogen) atoms. The zero-order valence-corrected chi connectivity index (χ0v) is 17.9. The molecule has 0 aliphatic carbocycles. The quantitative estimate of drug-likeness (QED) is 0.282. The molecule has 1 heterocycles. The molecule has 0 N–H and O–H groups in total. The monoisotopic (exact) mass is 435 g/mol. The molecule has 3 aromatic rings. The van der Waals surface area contributed by atoms with Crippen LogP contribution in [0.3, 0.4) is 0 Å². The fraction of sp³-hybridized carbons (Fsp3) is 0.250. The number of ether oxygens (including phenoxy) is 2. The number of benzene rings is 2. The number of methoxy groups -OCH3 is 1. The highest BCUT2D eigenvalue weighted by Gasteiger charge is 2.17. The Labute approximate surface area is 174 Å². The molecule has 0 spiro atoms. The van der Waals surface area contributed by atoms with Crippen LogP contribution < -0.4 is 9.47 Å². The Hall–Kier alpha value is -2.49. The fourth-order valence-corrected chi connectivity index (χ4v) is 3.30. The van der Waals surface area contributed by atoms with Gasteiger partial charge in [-0.05, 0) is 54.8 Å². The maximum Gasteiger partial charge on any atom is 0.264 e. The van der Waals surface area contributed by atoms with E-state index in [1.165, 1.54) is 11.8 Å². The van der Waals surface area contributed by atoms with Crippen LogP contribution in [0.25, 0.3) is 22.6 Å². The van der Waals surface area contributed by atoms with Gasteiger partial charge in [0.2, 0.25) is 0 Å². The topological polar surface area (TPSA) is 87.9 Å². The molecule has 9 heteroatoms. The zero-order chi connectivity index (χ0) is 20.9. The van der Waals surface area contributed by atoms with Crippen molar-refractivity contribution < 1.29 is 26.5 Å². The third-order valence-corrected chi connectivity index (χ3v) is 5.03. The van der Waals surface area contributed by atoms with Gasteiger partial charge in [-0.25, -0.2) is 4.98 Å². The molecule has 1 aromatic heterocycles. The molecule has 0 atom stereocenters. The standard InChI is InChI=1S/C20H21NO6S2/c1-24-16-8-4-14(5-9-16)18-19(27-20(21-18)28-2)15-6-10-17(11-7-15)25-12-13-26-29(3,22)23/h4-11H,12-13H2,1-3H3. The van der Waals surface area contributed by atoms with Gasteiger partial charge in [-0.2, -0.15) is 8.42 Å². The van der Waals surface area contributed by atoms with Gasteiger partial charge in [0.1, 0.15) is 30.4 Å².